The Balaban J connectivity index is 3.37. The number of nitrogens with one attached hydrogen (secondary N) is 1. The standard InChI is InChI=1S/C12H26N2O2/c1-10(2)16-9-8-14-12(15)5-4-11(3)6-7-13/h10-11H,4-9,13H2,1-3H3,(H,14,15). The Bertz CT molecular complexity index is 184. The summed E-state index contributed by atoms with van der Waals surface area (Å²) in [5.41, 5.74) is 5.45. The number of rotatable bonds is 9. The van der Waals surface area contributed by atoms with Gasteiger partial charge in [0.25, 0.3) is 0 Å². The summed E-state index contributed by atoms with van der Waals surface area (Å²) in [7, 11) is 0. The summed E-state index contributed by atoms with van der Waals surface area (Å²) in [6.07, 6.45) is 2.71. The van der Waals surface area contributed by atoms with E-state index in [4.69, 9.17) is 10.5 Å². The molecule has 0 saturated carbocycles. The minimum absolute atomic E-state index is 0.108. The van der Waals surface area contributed by atoms with Crippen LogP contribution in [-0.2, 0) is 9.53 Å². The van der Waals surface area contributed by atoms with Gasteiger partial charge >= 0.3 is 0 Å². The molecule has 0 aromatic rings. The molecule has 96 valence electrons. The molecular formula is C12H26N2O2. The van der Waals surface area contributed by atoms with Gasteiger partial charge in [0, 0.05) is 13.0 Å². The summed E-state index contributed by atoms with van der Waals surface area (Å²) >= 11 is 0. The first kappa shape index (κ1) is 15.4. The largest absolute Gasteiger partial charge is 0.377 e. The molecule has 0 spiro atoms. The topological polar surface area (TPSA) is 64.4 Å². The van der Waals surface area contributed by atoms with E-state index in [1.54, 1.807) is 0 Å². The molecule has 0 aliphatic carbocycles. The van der Waals surface area contributed by atoms with Gasteiger partial charge in [-0.3, -0.25) is 4.79 Å². The van der Waals surface area contributed by atoms with Crippen LogP contribution in [0.2, 0.25) is 0 Å². The zero-order chi connectivity index (χ0) is 12.4. The Morgan fingerprint density at radius 2 is 2.00 bits per heavy atom. The van der Waals surface area contributed by atoms with Crippen molar-refractivity contribution in [3.05, 3.63) is 0 Å². The quantitative estimate of drug-likeness (QED) is 0.587. The molecular weight excluding hydrogens is 204 g/mol. The van der Waals surface area contributed by atoms with Gasteiger partial charge in [0.15, 0.2) is 0 Å². The smallest absolute Gasteiger partial charge is 0.220 e. The Kier molecular flexibility index (Phi) is 9.24. The van der Waals surface area contributed by atoms with Gasteiger partial charge in [-0.25, -0.2) is 0 Å². The van der Waals surface area contributed by atoms with E-state index in [2.05, 4.69) is 12.2 Å². The average Bonchev–Trinajstić information content (AvgIpc) is 2.22. The van der Waals surface area contributed by atoms with Crippen molar-refractivity contribution in [2.75, 3.05) is 19.7 Å². The van der Waals surface area contributed by atoms with E-state index in [-0.39, 0.29) is 12.0 Å². The molecule has 0 bridgehead atoms. The number of nitrogens with two attached hydrogens (primary N) is 1. The lowest BCUT2D eigenvalue weighted by Crippen LogP contribution is -2.28. The van der Waals surface area contributed by atoms with Gasteiger partial charge in [-0.15, -0.1) is 0 Å². The summed E-state index contributed by atoms with van der Waals surface area (Å²) in [6, 6.07) is 0. The van der Waals surface area contributed by atoms with Crippen LogP contribution in [0.3, 0.4) is 0 Å². The first-order valence-electron chi connectivity index (χ1n) is 6.14. The van der Waals surface area contributed by atoms with Gasteiger partial charge in [-0.2, -0.15) is 0 Å². The summed E-state index contributed by atoms with van der Waals surface area (Å²) in [4.78, 5) is 11.4. The highest BCUT2D eigenvalue weighted by Gasteiger charge is 2.05. The monoisotopic (exact) mass is 230 g/mol. The second kappa shape index (κ2) is 9.60. The number of carbonyl (C=O) groups is 1. The Hall–Kier alpha value is -0.610. The lowest BCUT2D eigenvalue weighted by molar-refractivity contribution is -0.121. The van der Waals surface area contributed by atoms with Crippen molar-refractivity contribution >= 4 is 5.91 Å². The van der Waals surface area contributed by atoms with E-state index in [0.717, 1.165) is 12.8 Å². The third-order valence-electron chi connectivity index (χ3n) is 2.40. The molecule has 1 atom stereocenters. The highest BCUT2D eigenvalue weighted by Crippen LogP contribution is 2.08. The van der Waals surface area contributed by atoms with Gasteiger partial charge in [0.1, 0.15) is 0 Å². The fourth-order valence-electron chi connectivity index (χ4n) is 1.38. The van der Waals surface area contributed by atoms with Gasteiger partial charge < -0.3 is 15.8 Å². The second-order valence-electron chi connectivity index (χ2n) is 4.49. The third kappa shape index (κ3) is 9.93. The van der Waals surface area contributed by atoms with Gasteiger partial charge in [-0.1, -0.05) is 6.92 Å². The van der Waals surface area contributed by atoms with Crippen LogP contribution >= 0.6 is 0 Å². The number of carbonyl (C=O) groups excluding carboxylic acids is 1. The van der Waals surface area contributed by atoms with Crippen LogP contribution in [-0.4, -0.2) is 31.7 Å². The second-order valence-corrected chi connectivity index (χ2v) is 4.49. The molecule has 0 aromatic heterocycles. The molecule has 0 radical (unpaired) electrons. The highest BCUT2D eigenvalue weighted by atomic mass is 16.5. The van der Waals surface area contributed by atoms with Crippen LogP contribution in [0.1, 0.15) is 40.0 Å². The molecule has 1 amide bonds. The highest BCUT2D eigenvalue weighted by molar-refractivity contribution is 5.75. The molecule has 1 unspecified atom stereocenters. The first-order valence-corrected chi connectivity index (χ1v) is 6.14. The zero-order valence-corrected chi connectivity index (χ0v) is 10.8. The maximum Gasteiger partial charge on any atom is 0.220 e. The predicted octanol–water partition coefficient (Wildman–Crippen LogP) is 1.29. The molecule has 0 aliphatic rings. The van der Waals surface area contributed by atoms with Crippen LogP contribution in [0.5, 0.6) is 0 Å². The van der Waals surface area contributed by atoms with Crippen molar-refractivity contribution in [2.45, 2.75) is 46.1 Å². The molecule has 4 nitrogen and oxygen atoms in total. The maximum absolute atomic E-state index is 11.4. The fraction of sp³-hybridized carbons (Fsp3) is 0.917. The molecule has 0 fully saturated rings. The molecule has 0 heterocycles. The van der Waals surface area contributed by atoms with E-state index in [1.807, 2.05) is 13.8 Å². The van der Waals surface area contributed by atoms with Gasteiger partial charge in [0.05, 0.1) is 12.7 Å². The van der Waals surface area contributed by atoms with Crippen molar-refractivity contribution in [3.63, 3.8) is 0 Å². The molecule has 4 heteroatoms. The van der Waals surface area contributed by atoms with E-state index < -0.39 is 0 Å². The summed E-state index contributed by atoms with van der Waals surface area (Å²) < 4.78 is 5.33. The molecule has 0 aliphatic heterocycles. The lowest BCUT2D eigenvalue weighted by atomic mass is 10.0. The summed E-state index contributed by atoms with van der Waals surface area (Å²) in [5.74, 6) is 0.638. The van der Waals surface area contributed by atoms with E-state index >= 15 is 0 Å². The number of ether oxygens (including phenoxy) is 1. The maximum atomic E-state index is 11.4. The average molecular weight is 230 g/mol. The van der Waals surface area contributed by atoms with Crippen LogP contribution < -0.4 is 11.1 Å². The molecule has 0 aromatic carbocycles. The first-order chi connectivity index (χ1) is 7.56. The normalized spacial score (nSPS) is 12.8. The van der Waals surface area contributed by atoms with Crippen molar-refractivity contribution in [2.24, 2.45) is 11.7 Å². The van der Waals surface area contributed by atoms with E-state index in [1.165, 1.54) is 0 Å². The molecule has 0 saturated heterocycles. The van der Waals surface area contributed by atoms with Crippen molar-refractivity contribution < 1.29 is 9.53 Å². The predicted molar refractivity (Wildman–Crippen MR) is 66.2 cm³/mol. The van der Waals surface area contributed by atoms with Crippen molar-refractivity contribution in [1.82, 2.24) is 5.32 Å². The van der Waals surface area contributed by atoms with Crippen molar-refractivity contribution in [3.8, 4) is 0 Å². The SMILES string of the molecule is CC(CCN)CCC(=O)NCCOC(C)C. The van der Waals surface area contributed by atoms with Crippen LogP contribution in [0, 0.1) is 5.92 Å². The Labute approximate surface area is 98.9 Å². The number of hydrogen-bond acceptors (Lipinski definition) is 3. The number of hydrogen-bond donors (Lipinski definition) is 2. The third-order valence-corrected chi connectivity index (χ3v) is 2.40. The fourth-order valence-corrected chi connectivity index (χ4v) is 1.38. The van der Waals surface area contributed by atoms with Crippen LogP contribution in [0.15, 0.2) is 0 Å². The number of amides is 1. The minimum Gasteiger partial charge on any atom is -0.377 e. The van der Waals surface area contributed by atoms with Gasteiger partial charge in [0.2, 0.25) is 5.91 Å². The summed E-state index contributed by atoms with van der Waals surface area (Å²) in [6.45, 7) is 7.98. The van der Waals surface area contributed by atoms with Gasteiger partial charge in [-0.05, 0) is 39.2 Å². The molecule has 16 heavy (non-hydrogen) atoms. The van der Waals surface area contributed by atoms with E-state index in [9.17, 15) is 4.79 Å². The van der Waals surface area contributed by atoms with Crippen LogP contribution in [0.25, 0.3) is 0 Å². The summed E-state index contributed by atoms with van der Waals surface area (Å²) in [5, 5.41) is 2.84. The lowest BCUT2D eigenvalue weighted by Gasteiger charge is -2.11. The zero-order valence-electron chi connectivity index (χ0n) is 10.8. The Morgan fingerprint density at radius 1 is 1.31 bits per heavy atom. The van der Waals surface area contributed by atoms with E-state index in [0.29, 0.717) is 32.0 Å². The Morgan fingerprint density at radius 3 is 2.56 bits per heavy atom. The van der Waals surface area contributed by atoms with Crippen molar-refractivity contribution in [1.29, 1.82) is 0 Å². The molecule has 3 N–H and O–H groups in total. The molecule has 0 rings (SSSR count). The minimum atomic E-state index is 0.108. The van der Waals surface area contributed by atoms with Crippen LogP contribution in [0.4, 0.5) is 0 Å².